The molecule has 0 spiro atoms. The number of nitrogens with one attached hydrogen (secondary N) is 1. The number of thioether (sulfide) groups is 1. The minimum absolute atomic E-state index is 0.111. The van der Waals surface area contributed by atoms with E-state index in [0.29, 0.717) is 33.8 Å². The van der Waals surface area contributed by atoms with E-state index in [1.807, 2.05) is 32.0 Å². The Labute approximate surface area is 179 Å². The second-order valence-corrected chi connectivity index (χ2v) is 8.34. The van der Waals surface area contributed by atoms with Gasteiger partial charge in [-0.25, -0.2) is 0 Å². The lowest BCUT2D eigenvalue weighted by Crippen LogP contribution is -2.39. The van der Waals surface area contributed by atoms with Gasteiger partial charge in [-0.2, -0.15) is 11.8 Å². The maximum atomic E-state index is 12.3. The van der Waals surface area contributed by atoms with Crippen molar-refractivity contribution < 1.29 is 9.53 Å². The first-order chi connectivity index (χ1) is 12.9. The van der Waals surface area contributed by atoms with Crippen LogP contribution in [0.4, 0.5) is 0 Å². The Morgan fingerprint density at radius 3 is 2.52 bits per heavy atom. The van der Waals surface area contributed by atoms with Gasteiger partial charge in [0.05, 0.1) is 10.0 Å². The highest BCUT2D eigenvalue weighted by Crippen LogP contribution is 2.25. The summed E-state index contributed by atoms with van der Waals surface area (Å²) in [6.45, 7) is 4.40. The Balaban J connectivity index is 1.74. The Morgan fingerprint density at radius 1 is 1.11 bits per heavy atom. The van der Waals surface area contributed by atoms with Crippen LogP contribution < -0.4 is 10.1 Å². The lowest BCUT2D eigenvalue weighted by atomic mass is 10.2. The van der Waals surface area contributed by atoms with Crippen LogP contribution in [0.15, 0.2) is 36.4 Å². The number of benzene rings is 2. The zero-order valence-electron chi connectivity index (χ0n) is 15.2. The minimum Gasteiger partial charge on any atom is -0.481 e. The molecule has 1 amide bonds. The van der Waals surface area contributed by atoms with Crippen molar-refractivity contribution >= 4 is 52.5 Å². The number of hydrogen-bond acceptors (Lipinski definition) is 3. The van der Waals surface area contributed by atoms with E-state index in [-0.39, 0.29) is 5.91 Å². The third-order valence-electron chi connectivity index (χ3n) is 3.87. The maximum Gasteiger partial charge on any atom is 0.261 e. The monoisotopic (exact) mass is 445 g/mol. The number of ether oxygens (including phenoxy) is 1. The quantitative estimate of drug-likeness (QED) is 0.469. The molecule has 7 heteroatoms. The van der Waals surface area contributed by atoms with Gasteiger partial charge < -0.3 is 10.1 Å². The number of rotatable bonds is 9. The molecule has 2 aromatic carbocycles. The van der Waals surface area contributed by atoms with Crippen molar-refractivity contribution in [2.75, 3.05) is 12.3 Å². The predicted molar refractivity (Wildman–Crippen MR) is 117 cm³/mol. The van der Waals surface area contributed by atoms with E-state index in [4.69, 9.17) is 39.5 Å². The largest absolute Gasteiger partial charge is 0.481 e. The molecule has 0 saturated heterocycles. The van der Waals surface area contributed by atoms with Crippen molar-refractivity contribution in [1.82, 2.24) is 5.32 Å². The molecule has 1 N–H and O–H groups in total. The fourth-order valence-corrected chi connectivity index (χ4v) is 3.60. The van der Waals surface area contributed by atoms with Crippen molar-refractivity contribution in [1.29, 1.82) is 0 Å². The average molecular weight is 447 g/mol. The summed E-state index contributed by atoms with van der Waals surface area (Å²) in [5, 5.41) is 4.72. The number of carbonyl (C=O) groups excluding carboxylic acids is 1. The summed E-state index contributed by atoms with van der Waals surface area (Å²) in [5.74, 6) is 2.14. The van der Waals surface area contributed by atoms with Crippen LogP contribution in [0.1, 0.15) is 24.5 Å². The third kappa shape index (κ3) is 7.11. The van der Waals surface area contributed by atoms with Crippen molar-refractivity contribution in [2.24, 2.45) is 0 Å². The normalized spacial score (nSPS) is 11.9. The fraction of sp³-hybridized carbons (Fsp3) is 0.350. The van der Waals surface area contributed by atoms with Gasteiger partial charge in [-0.05, 0) is 54.8 Å². The van der Waals surface area contributed by atoms with Crippen LogP contribution in [0.2, 0.25) is 15.1 Å². The van der Waals surface area contributed by atoms with Crippen LogP contribution in [0.5, 0.6) is 5.75 Å². The number of hydrogen-bond donors (Lipinski definition) is 1. The van der Waals surface area contributed by atoms with E-state index >= 15 is 0 Å². The Kier molecular flexibility index (Phi) is 9.10. The van der Waals surface area contributed by atoms with E-state index in [1.54, 1.807) is 30.0 Å². The van der Waals surface area contributed by atoms with E-state index < -0.39 is 6.10 Å². The first-order valence-corrected chi connectivity index (χ1v) is 10.9. The SMILES string of the molecule is CCC(Oc1ccc(Cl)c(C)c1)C(=O)NCCSCc1ccc(Cl)c(Cl)c1. The molecule has 2 aromatic rings. The van der Waals surface area contributed by atoms with Crippen LogP contribution in [-0.2, 0) is 10.5 Å². The summed E-state index contributed by atoms with van der Waals surface area (Å²) >= 11 is 19.7. The molecule has 0 aliphatic heterocycles. The Morgan fingerprint density at radius 2 is 1.85 bits per heavy atom. The van der Waals surface area contributed by atoms with Gasteiger partial charge >= 0.3 is 0 Å². The van der Waals surface area contributed by atoms with Gasteiger partial charge in [-0.15, -0.1) is 0 Å². The third-order valence-corrected chi connectivity index (χ3v) is 6.06. The molecule has 0 aromatic heterocycles. The first kappa shape index (κ1) is 22.2. The van der Waals surface area contributed by atoms with E-state index in [2.05, 4.69) is 5.32 Å². The molecule has 3 nitrogen and oxygen atoms in total. The maximum absolute atomic E-state index is 12.3. The van der Waals surface area contributed by atoms with E-state index in [0.717, 1.165) is 22.6 Å². The molecule has 0 heterocycles. The van der Waals surface area contributed by atoms with Crippen LogP contribution in [0.25, 0.3) is 0 Å². The van der Waals surface area contributed by atoms with Crippen LogP contribution in [-0.4, -0.2) is 24.3 Å². The van der Waals surface area contributed by atoms with E-state index in [1.165, 1.54) is 0 Å². The highest BCUT2D eigenvalue weighted by atomic mass is 35.5. The summed E-state index contributed by atoms with van der Waals surface area (Å²) in [7, 11) is 0. The molecule has 0 radical (unpaired) electrons. The molecule has 0 fully saturated rings. The number of carbonyl (C=O) groups is 1. The highest BCUT2D eigenvalue weighted by molar-refractivity contribution is 7.98. The summed E-state index contributed by atoms with van der Waals surface area (Å²) in [5.41, 5.74) is 2.02. The van der Waals surface area contributed by atoms with E-state index in [9.17, 15) is 4.79 Å². The number of halogens is 3. The van der Waals surface area contributed by atoms with Crippen molar-refractivity contribution in [3.8, 4) is 5.75 Å². The lowest BCUT2D eigenvalue weighted by Gasteiger charge is -2.17. The van der Waals surface area contributed by atoms with Crippen molar-refractivity contribution in [3.63, 3.8) is 0 Å². The first-order valence-electron chi connectivity index (χ1n) is 8.63. The molecule has 0 aliphatic carbocycles. The van der Waals surface area contributed by atoms with Crippen LogP contribution in [0.3, 0.4) is 0 Å². The van der Waals surface area contributed by atoms with Gasteiger partial charge in [0, 0.05) is 23.1 Å². The molecular weight excluding hydrogens is 425 g/mol. The van der Waals surface area contributed by atoms with Gasteiger partial charge in [0.1, 0.15) is 5.75 Å². The smallest absolute Gasteiger partial charge is 0.261 e. The molecule has 0 aliphatic rings. The number of amides is 1. The van der Waals surface area contributed by atoms with Gasteiger partial charge in [-0.3, -0.25) is 4.79 Å². The van der Waals surface area contributed by atoms with Crippen molar-refractivity contribution in [2.45, 2.75) is 32.1 Å². The molecular formula is C20H22Cl3NO2S. The second-order valence-electron chi connectivity index (χ2n) is 6.02. The van der Waals surface area contributed by atoms with Gasteiger partial charge in [-0.1, -0.05) is 47.8 Å². The van der Waals surface area contributed by atoms with Crippen molar-refractivity contribution in [3.05, 3.63) is 62.6 Å². The molecule has 2 rings (SSSR count). The molecule has 1 atom stereocenters. The topological polar surface area (TPSA) is 38.3 Å². The number of aryl methyl sites for hydroxylation is 1. The Hall–Kier alpha value is -1.07. The summed E-state index contributed by atoms with van der Waals surface area (Å²) in [4.78, 5) is 12.3. The van der Waals surface area contributed by atoms with Gasteiger partial charge in [0.25, 0.3) is 5.91 Å². The highest BCUT2D eigenvalue weighted by Gasteiger charge is 2.18. The Bertz CT molecular complexity index is 786. The molecule has 27 heavy (non-hydrogen) atoms. The van der Waals surface area contributed by atoms with Gasteiger partial charge in [0.2, 0.25) is 0 Å². The molecule has 0 saturated carbocycles. The molecule has 146 valence electrons. The van der Waals surface area contributed by atoms with Gasteiger partial charge in [0.15, 0.2) is 6.10 Å². The standard InChI is InChI=1S/C20H22Cl3NO2S/c1-3-19(26-15-5-7-16(21)13(2)10-15)20(25)24-8-9-27-12-14-4-6-17(22)18(23)11-14/h4-7,10-11,19H,3,8-9,12H2,1-2H3,(H,24,25). The summed E-state index contributed by atoms with van der Waals surface area (Å²) in [6.07, 6.45) is 0.0647. The minimum atomic E-state index is -0.523. The lowest BCUT2D eigenvalue weighted by molar-refractivity contribution is -0.127. The molecule has 1 unspecified atom stereocenters. The average Bonchev–Trinajstić information content (AvgIpc) is 2.65. The summed E-state index contributed by atoms with van der Waals surface area (Å²) in [6, 6.07) is 11.0. The molecule has 0 bridgehead atoms. The summed E-state index contributed by atoms with van der Waals surface area (Å²) < 4.78 is 5.81. The second kappa shape index (κ2) is 11.1. The predicted octanol–water partition coefficient (Wildman–Crippen LogP) is 6.16. The zero-order chi connectivity index (χ0) is 19.8. The zero-order valence-corrected chi connectivity index (χ0v) is 18.3. The van der Waals surface area contributed by atoms with Crippen LogP contribution >= 0.6 is 46.6 Å². The fourth-order valence-electron chi connectivity index (χ4n) is 2.36. The van der Waals surface area contributed by atoms with Crippen LogP contribution in [0, 0.1) is 6.92 Å².